The summed E-state index contributed by atoms with van der Waals surface area (Å²) in [6.45, 7) is 0.426. The maximum Gasteiger partial charge on any atom is 0.350 e. The number of fused-ring (bicyclic) bond motifs is 1. The van der Waals surface area contributed by atoms with Gasteiger partial charge in [-0.25, -0.2) is 9.48 Å². The highest BCUT2D eigenvalue weighted by Crippen LogP contribution is 2.15. The summed E-state index contributed by atoms with van der Waals surface area (Å²) in [6.07, 6.45) is 3.67. The maximum absolute atomic E-state index is 12.4. The van der Waals surface area contributed by atoms with E-state index in [1.54, 1.807) is 48.1 Å². The molecule has 3 rings (SSSR count). The summed E-state index contributed by atoms with van der Waals surface area (Å²) in [6, 6.07) is 13.4. The first-order chi connectivity index (χ1) is 11.6. The lowest BCUT2D eigenvalue weighted by Gasteiger charge is -2.17. The van der Waals surface area contributed by atoms with Gasteiger partial charge >= 0.3 is 5.69 Å². The van der Waals surface area contributed by atoms with Crippen molar-refractivity contribution in [3.05, 3.63) is 64.7 Å². The first-order valence-electron chi connectivity index (χ1n) is 7.49. The molecule has 24 heavy (non-hydrogen) atoms. The number of nitrogens with zero attached hydrogens (tertiary/aromatic N) is 4. The van der Waals surface area contributed by atoms with E-state index in [0.29, 0.717) is 12.2 Å². The average molecular weight is 342 g/mol. The Morgan fingerprint density at radius 1 is 1.21 bits per heavy atom. The molecule has 6 nitrogen and oxygen atoms in total. The normalized spacial score (nSPS) is 10.9. The Labute approximate surface area is 143 Å². The number of aromatic nitrogens is 3. The minimum Gasteiger partial charge on any atom is -0.340 e. The van der Waals surface area contributed by atoms with Gasteiger partial charge in [0.25, 0.3) is 0 Å². The Hall–Kier alpha value is -2.54. The lowest BCUT2D eigenvalue weighted by Crippen LogP contribution is -2.33. The number of likely N-dealkylation sites (N-methyl/N-ethyl adjacent to an activating group) is 1. The Morgan fingerprint density at radius 3 is 2.62 bits per heavy atom. The lowest BCUT2D eigenvalue weighted by atomic mass is 10.2. The van der Waals surface area contributed by atoms with Crippen molar-refractivity contribution >= 4 is 23.3 Å². The van der Waals surface area contributed by atoms with Crippen LogP contribution < -0.4 is 5.69 Å². The summed E-state index contributed by atoms with van der Waals surface area (Å²) in [7, 11) is 1.73. The van der Waals surface area contributed by atoms with E-state index in [4.69, 9.17) is 0 Å². The van der Waals surface area contributed by atoms with Gasteiger partial charge in [-0.15, -0.1) is 16.9 Å². The van der Waals surface area contributed by atoms with Crippen molar-refractivity contribution in [3.8, 4) is 0 Å². The number of hydrogen-bond acceptors (Lipinski definition) is 4. The highest BCUT2D eigenvalue weighted by Gasteiger charge is 2.14. The van der Waals surface area contributed by atoms with Crippen molar-refractivity contribution in [1.82, 2.24) is 19.1 Å². The SMILES string of the molecule is CSc1ccc(CN(C)C(=O)Cn2nc3ccccn3c2=O)cc1. The molecular formula is C17H18N4O2S. The van der Waals surface area contributed by atoms with Crippen molar-refractivity contribution in [2.45, 2.75) is 18.0 Å². The molecule has 0 aliphatic heterocycles. The second-order valence-electron chi connectivity index (χ2n) is 5.47. The second-order valence-corrected chi connectivity index (χ2v) is 6.35. The third-order valence-corrected chi connectivity index (χ3v) is 4.52. The average Bonchev–Trinajstić information content (AvgIpc) is 2.92. The molecule has 0 atom stereocenters. The van der Waals surface area contributed by atoms with E-state index >= 15 is 0 Å². The molecule has 0 radical (unpaired) electrons. The molecule has 0 unspecified atom stereocenters. The van der Waals surface area contributed by atoms with Crippen molar-refractivity contribution < 1.29 is 4.79 Å². The van der Waals surface area contributed by atoms with Gasteiger partial charge in [0, 0.05) is 24.7 Å². The van der Waals surface area contributed by atoms with Gasteiger partial charge < -0.3 is 4.90 Å². The smallest absolute Gasteiger partial charge is 0.340 e. The zero-order valence-electron chi connectivity index (χ0n) is 13.5. The van der Waals surface area contributed by atoms with Crippen LogP contribution in [0.25, 0.3) is 5.65 Å². The topological polar surface area (TPSA) is 59.6 Å². The van der Waals surface area contributed by atoms with Crippen LogP contribution >= 0.6 is 11.8 Å². The van der Waals surface area contributed by atoms with Crippen molar-refractivity contribution in [2.24, 2.45) is 0 Å². The third-order valence-electron chi connectivity index (χ3n) is 3.78. The van der Waals surface area contributed by atoms with Crippen LogP contribution in [0, 0.1) is 0 Å². The summed E-state index contributed by atoms with van der Waals surface area (Å²) in [5, 5.41) is 4.18. The van der Waals surface area contributed by atoms with E-state index in [2.05, 4.69) is 5.10 Å². The number of rotatable bonds is 5. The number of carbonyl (C=O) groups excluding carboxylic acids is 1. The minimum atomic E-state index is -0.309. The molecule has 0 fully saturated rings. The summed E-state index contributed by atoms with van der Waals surface area (Å²) in [4.78, 5) is 27.4. The predicted octanol–water partition coefficient (Wildman–Crippen LogP) is 1.88. The molecule has 0 aliphatic rings. The van der Waals surface area contributed by atoms with Gasteiger partial charge in [0.15, 0.2) is 5.65 Å². The number of hydrogen-bond donors (Lipinski definition) is 0. The Balaban J connectivity index is 1.70. The van der Waals surface area contributed by atoms with Gasteiger partial charge in [0.1, 0.15) is 6.54 Å². The maximum atomic E-state index is 12.4. The molecule has 1 amide bonds. The molecule has 7 heteroatoms. The molecule has 0 N–H and O–H groups in total. The van der Waals surface area contributed by atoms with Crippen LogP contribution in [0.4, 0.5) is 0 Å². The largest absolute Gasteiger partial charge is 0.350 e. The van der Waals surface area contributed by atoms with E-state index in [1.807, 2.05) is 30.5 Å². The zero-order valence-corrected chi connectivity index (χ0v) is 14.4. The van der Waals surface area contributed by atoms with Gasteiger partial charge in [0.2, 0.25) is 5.91 Å². The number of pyridine rings is 1. The monoisotopic (exact) mass is 342 g/mol. The molecule has 3 aromatic rings. The van der Waals surface area contributed by atoms with Crippen molar-refractivity contribution in [2.75, 3.05) is 13.3 Å². The van der Waals surface area contributed by atoms with Gasteiger partial charge in [-0.2, -0.15) is 0 Å². The molecule has 1 aromatic carbocycles. The second kappa shape index (κ2) is 6.92. The van der Waals surface area contributed by atoms with Crippen molar-refractivity contribution in [1.29, 1.82) is 0 Å². The standard InChI is InChI=1S/C17H18N4O2S/c1-19(11-13-6-8-14(24-2)9-7-13)16(22)12-21-17(23)20-10-4-3-5-15(20)18-21/h3-10H,11-12H2,1-2H3. The molecule has 0 aliphatic carbocycles. The van der Waals surface area contributed by atoms with Gasteiger partial charge in [-0.3, -0.25) is 9.20 Å². The minimum absolute atomic E-state index is 0.0695. The molecule has 0 bridgehead atoms. The number of benzene rings is 1. The molecule has 2 heterocycles. The predicted molar refractivity (Wildman–Crippen MR) is 94.1 cm³/mol. The first-order valence-corrected chi connectivity index (χ1v) is 8.72. The highest BCUT2D eigenvalue weighted by molar-refractivity contribution is 7.98. The van der Waals surface area contributed by atoms with Gasteiger partial charge in [0.05, 0.1) is 0 Å². The molecule has 0 spiro atoms. The van der Waals surface area contributed by atoms with E-state index < -0.39 is 0 Å². The summed E-state index contributed by atoms with van der Waals surface area (Å²) in [5.74, 6) is -0.158. The number of amides is 1. The van der Waals surface area contributed by atoms with Crippen LogP contribution in [-0.2, 0) is 17.9 Å². The molecule has 0 saturated heterocycles. The number of thioether (sulfide) groups is 1. The van der Waals surface area contributed by atoms with E-state index in [0.717, 1.165) is 5.56 Å². The molecular weight excluding hydrogens is 324 g/mol. The molecule has 0 saturated carbocycles. The first kappa shape index (κ1) is 16.3. The zero-order chi connectivity index (χ0) is 17.1. The summed E-state index contributed by atoms with van der Waals surface area (Å²) >= 11 is 1.68. The van der Waals surface area contributed by atoms with Crippen LogP contribution in [0.2, 0.25) is 0 Å². The van der Waals surface area contributed by atoms with E-state index in [-0.39, 0.29) is 18.1 Å². The van der Waals surface area contributed by atoms with E-state index in [1.165, 1.54) is 14.0 Å². The van der Waals surface area contributed by atoms with Gasteiger partial charge in [-0.05, 0) is 36.1 Å². The molecule has 2 aromatic heterocycles. The lowest BCUT2D eigenvalue weighted by molar-refractivity contribution is -0.131. The molecule has 124 valence electrons. The Kier molecular flexibility index (Phi) is 4.71. The fourth-order valence-corrected chi connectivity index (χ4v) is 2.82. The van der Waals surface area contributed by atoms with E-state index in [9.17, 15) is 9.59 Å². The van der Waals surface area contributed by atoms with Crippen LogP contribution in [0.15, 0.2) is 58.4 Å². The number of carbonyl (C=O) groups is 1. The third kappa shape index (κ3) is 3.35. The van der Waals surface area contributed by atoms with Crippen LogP contribution in [0.1, 0.15) is 5.56 Å². The van der Waals surface area contributed by atoms with Crippen LogP contribution in [-0.4, -0.2) is 38.3 Å². The van der Waals surface area contributed by atoms with Crippen LogP contribution in [0.5, 0.6) is 0 Å². The summed E-state index contributed by atoms with van der Waals surface area (Å²) < 4.78 is 2.62. The summed E-state index contributed by atoms with van der Waals surface area (Å²) in [5.41, 5.74) is 1.27. The highest BCUT2D eigenvalue weighted by atomic mass is 32.2. The quantitative estimate of drug-likeness (QED) is 0.664. The van der Waals surface area contributed by atoms with Gasteiger partial charge in [-0.1, -0.05) is 18.2 Å². The van der Waals surface area contributed by atoms with Crippen LogP contribution in [0.3, 0.4) is 0 Å². The Bertz CT molecular complexity index is 914. The fraction of sp³-hybridized carbons (Fsp3) is 0.235. The fourth-order valence-electron chi connectivity index (χ4n) is 2.41. The Morgan fingerprint density at radius 2 is 1.96 bits per heavy atom. The van der Waals surface area contributed by atoms with Crippen molar-refractivity contribution in [3.63, 3.8) is 0 Å².